The van der Waals surface area contributed by atoms with E-state index in [-0.39, 0.29) is 17.5 Å². The zero-order valence-corrected chi connectivity index (χ0v) is 11.3. The molecule has 18 heavy (non-hydrogen) atoms. The highest BCUT2D eigenvalue weighted by molar-refractivity contribution is 7.91. The van der Waals surface area contributed by atoms with E-state index in [1.165, 1.54) is 0 Å². The second-order valence-electron chi connectivity index (χ2n) is 4.76. The van der Waals surface area contributed by atoms with Crippen LogP contribution in [0.25, 0.3) is 0 Å². The van der Waals surface area contributed by atoms with Gasteiger partial charge in [-0.25, -0.2) is 8.42 Å². The number of rotatable bonds is 4. The van der Waals surface area contributed by atoms with Crippen LogP contribution in [0.2, 0.25) is 0 Å². The molecule has 0 aliphatic carbocycles. The summed E-state index contributed by atoms with van der Waals surface area (Å²) in [6.07, 6.45) is -0.765. The Labute approximate surface area is 108 Å². The molecule has 100 valence electrons. The molecule has 1 aliphatic rings. The van der Waals surface area contributed by atoms with Crippen LogP contribution in [0.1, 0.15) is 12.5 Å². The Balaban J connectivity index is 2.10. The number of aliphatic hydroxyl groups is 1. The summed E-state index contributed by atoms with van der Waals surface area (Å²) in [6, 6.07) is 9.63. The normalized spacial score (nSPS) is 26.6. The van der Waals surface area contributed by atoms with Crippen LogP contribution >= 0.6 is 0 Å². The average molecular weight is 269 g/mol. The number of sulfone groups is 1. The van der Waals surface area contributed by atoms with Gasteiger partial charge in [-0.05, 0) is 12.1 Å². The molecule has 1 aromatic rings. The highest BCUT2D eigenvalue weighted by atomic mass is 32.2. The molecule has 0 saturated carbocycles. The highest BCUT2D eigenvalue weighted by Gasteiger charge is 2.39. The molecule has 0 amide bonds. The summed E-state index contributed by atoms with van der Waals surface area (Å²) >= 11 is 0. The molecule has 0 radical (unpaired) electrons. The van der Waals surface area contributed by atoms with Crippen LogP contribution in [0.4, 0.5) is 0 Å². The minimum atomic E-state index is -3.08. The molecular weight excluding hydrogens is 250 g/mol. The van der Waals surface area contributed by atoms with Crippen molar-refractivity contribution < 1.29 is 13.5 Å². The third-order valence-electron chi connectivity index (χ3n) is 3.40. The zero-order chi connectivity index (χ0) is 13.2. The minimum Gasteiger partial charge on any atom is -0.390 e. The van der Waals surface area contributed by atoms with Crippen LogP contribution < -0.4 is 0 Å². The lowest BCUT2D eigenvalue weighted by molar-refractivity contribution is 0.0819. The Kier molecular flexibility index (Phi) is 4.04. The standard InChI is InChI=1S/C13H19NO3S/c1-2-14(8-11-6-4-3-5-7-11)12-9-18(16,17)10-13(12)15/h3-7,12-13,15H,2,8-10H2,1H3/t12-,13+/m0/s1. The summed E-state index contributed by atoms with van der Waals surface area (Å²) < 4.78 is 23.1. The van der Waals surface area contributed by atoms with Gasteiger partial charge >= 0.3 is 0 Å². The first-order valence-electron chi connectivity index (χ1n) is 6.18. The molecule has 5 heteroatoms. The van der Waals surface area contributed by atoms with Crippen LogP contribution in [0.3, 0.4) is 0 Å². The fourth-order valence-electron chi connectivity index (χ4n) is 2.44. The SMILES string of the molecule is CCN(Cc1ccccc1)[C@H]1CS(=O)(=O)C[C@H]1O. The Hall–Kier alpha value is -0.910. The fraction of sp³-hybridized carbons (Fsp3) is 0.538. The van der Waals surface area contributed by atoms with E-state index in [0.29, 0.717) is 6.54 Å². The van der Waals surface area contributed by atoms with E-state index < -0.39 is 15.9 Å². The molecule has 0 unspecified atom stereocenters. The van der Waals surface area contributed by atoms with Crippen LogP contribution in [0.15, 0.2) is 30.3 Å². The Morgan fingerprint density at radius 3 is 2.44 bits per heavy atom. The van der Waals surface area contributed by atoms with E-state index in [2.05, 4.69) is 0 Å². The lowest BCUT2D eigenvalue weighted by atomic mass is 10.1. The molecule has 0 spiro atoms. The van der Waals surface area contributed by atoms with Crippen molar-refractivity contribution in [2.45, 2.75) is 25.6 Å². The molecule has 1 fully saturated rings. The number of hydrogen-bond acceptors (Lipinski definition) is 4. The first kappa shape index (κ1) is 13.5. The van der Waals surface area contributed by atoms with Gasteiger partial charge in [0, 0.05) is 6.54 Å². The van der Waals surface area contributed by atoms with E-state index in [1.807, 2.05) is 42.2 Å². The van der Waals surface area contributed by atoms with Crippen LogP contribution in [0, 0.1) is 0 Å². The molecule has 1 aliphatic heterocycles. The van der Waals surface area contributed by atoms with Crippen molar-refractivity contribution in [2.75, 3.05) is 18.1 Å². The van der Waals surface area contributed by atoms with E-state index in [0.717, 1.165) is 12.1 Å². The van der Waals surface area contributed by atoms with Gasteiger partial charge in [-0.3, -0.25) is 4.90 Å². The number of benzene rings is 1. The summed E-state index contributed by atoms with van der Waals surface area (Å²) in [5.74, 6) is -0.0439. The zero-order valence-electron chi connectivity index (χ0n) is 10.5. The Morgan fingerprint density at radius 1 is 1.28 bits per heavy atom. The van der Waals surface area contributed by atoms with Crippen LogP contribution in [0.5, 0.6) is 0 Å². The fourth-order valence-corrected chi connectivity index (χ4v) is 4.27. The van der Waals surface area contributed by atoms with E-state index in [1.54, 1.807) is 0 Å². The van der Waals surface area contributed by atoms with Crippen molar-refractivity contribution in [1.82, 2.24) is 4.90 Å². The van der Waals surface area contributed by atoms with E-state index in [4.69, 9.17) is 0 Å². The van der Waals surface area contributed by atoms with Gasteiger partial charge in [-0.1, -0.05) is 37.3 Å². The van der Waals surface area contributed by atoms with Gasteiger partial charge in [0.15, 0.2) is 9.84 Å². The quantitative estimate of drug-likeness (QED) is 0.872. The lowest BCUT2D eigenvalue weighted by Gasteiger charge is -2.28. The number of nitrogens with zero attached hydrogens (tertiary/aromatic N) is 1. The highest BCUT2D eigenvalue weighted by Crippen LogP contribution is 2.20. The van der Waals surface area contributed by atoms with Crippen molar-refractivity contribution in [3.05, 3.63) is 35.9 Å². The van der Waals surface area contributed by atoms with Gasteiger partial charge in [-0.2, -0.15) is 0 Å². The maximum absolute atomic E-state index is 11.5. The molecular formula is C13H19NO3S. The van der Waals surface area contributed by atoms with Gasteiger partial charge in [0.05, 0.1) is 23.7 Å². The number of aliphatic hydroxyl groups excluding tert-OH is 1. The monoisotopic (exact) mass is 269 g/mol. The first-order chi connectivity index (χ1) is 8.52. The van der Waals surface area contributed by atoms with Gasteiger partial charge in [-0.15, -0.1) is 0 Å². The summed E-state index contributed by atoms with van der Waals surface area (Å²) in [6.45, 7) is 3.39. The first-order valence-corrected chi connectivity index (χ1v) is 8.00. The third kappa shape index (κ3) is 3.10. The van der Waals surface area contributed by atoms with Gasteiger partial charge < -0.3 is 5.11 Å². The molecule has 1 saturated heterocycles. The van der Waals surface area contributed by atoms with Crippen molar-refractivity contribution in [3.8, 4) is 0 Å². The van der Waals surface area contributed by atoms with Crippen LogP contribution in [-0.4, -0.2) is 48.6 Å². The second-order valence-corrected chi connectivity index (χ2v) is 6.91. The lowest BCUT2D eigenvalue weighted by Crippen LogP contribution is -2.42. The minimum absolute atomic E-state index is 0.0643. The molecule has 1 N–H and O–H groups in total. The molecule has 2 atom stereocenters. The summed E-state index contributed by atoms with van der Waals surface area (Å²) in [5.41, 5.74) is 1.14. The molecule has 0 aromatic heterocycles. The Morgan fingerprint density at radius 2 is 1.94 bits per heavy atom. The molecule has 4 nitrogen and oxygen atoms in total. The maximum atomic E-state index is 11.5. The predicted molar refractivity (Wildman–Crippen MR) is 71.0 cm³/mol. The van der Waals surface area contributed by atoms with Crippen molar-refractivity contribution in [2.24, 2.45) is 0 Å². The molecule has 1 aromatic carbocycles. The van der Waals surface area contributed by atoms with Crippen LogP contribution in [-0.2, 0) is 16.4 Å². The van der Waals surface area contributed by atoms with Gasteiger partial charge in [0.2, 0.25) is 0 Å². The summed E-state index contributed by atoms with van der Waals surface area (Å²) in [5, 5.41) is 9.88. The second kappa shape index (κ2) is 5.38. The summed E-state index contributed by atoms with van der Waals surface area (Å²) in [7, 11) is -3.08. The largest absolute Gasteiger partial charge is 0.390 e. The van der Waals surface area contributed by atoms with Gasteiger partial charge in [0.25, 0.3) is 0 Å². The van der Waals surface area contributed by atoms with Crippen molar-refractivity contribution in [3.63, 3.8) is 0 Å². The number of likely N-dealkylation sites (N-methyl/N-ethyl adjacent to an activating group) is 1. The third-order valence-corrected chi connectivity index (χ3v) is 5.10. The predicted octanol–water partition coefficient (Wildman–Crippen LogP) is 0.666. The van der Waals surface area contributed by atoms with E-state index in [9.17, 15) is 13.5 Å². The topological polar surface area (TPSA) is 57.6 Å². The molecule has 2 rings (SSSR count). The average Bonchev–Trinajstić information content (AvgIpc) is 2.61. The smallest absolute Gasteiger partial charge is 0.154 e. The molecule has 0 bridgehead atoms. The Bertz CT molecular complexity index is 486. The number of hydrogen-bond donors (Lipinski definition) is 1. The van der Waals surface area contributed by atoms with Crippen molar-refractivity contribution >= 4 is 9.84 Å². The van der Waals surface area contributed by atoms with Crippen molar-refractivity contribution in [1.29, 1.82) is 0 Å². The summed E-state index contributed by atoms with van der Waals surface area (Å²) in [4.78, 5) is 2.03. The molecule has 1 heterocycles. The van der Waals surface area contributed by atoms with E-state index >= 15 is 0 Å². The van der Waals surface area contributed by atoms with Gasteiger partial charge in [0.1, 0.15) is 0 Å². The maximum Gasteiger partial charge on any atom is 0.154 e.